The van der Waals surface area contributed by atoms with Crippen molar-refractivity contribution in [2.75, 3.05) is 13.1 Å². The summed E-state index contributed by atoms with van der Waals surface area (Å²) in [6.07, 6.45) is 6.94. The first-order valence-corrected chi connectivity index (χ1v) is 7.97. The molecule has 1 aliphatic rings. The monoisotopic (exact) mass is 284 g/mol. The molecule has 2 aromatic rings. The molecule has 3 nitrogen and oxygen atoms in total. The number of oxazole rings is 1. The van der Waals surface area contributed by atoms with Gasteiger partial charge in [0, 0.05) is 13.5 Å². The molecule has 1 aromatic carbocycles. The van der Waals surface area contributed by atoms with Crippen molar-refractivity contribution in [2.45, 2.75) is 39.2 Å². The van der Waals surface area contributed by atoms with Gasteiger partial charge in [0.15, 0.2) is 5.89 Å². The van der Waals surface area contributed by atoms with Crippen LogP contribution in [0.4, 0.5) is 0 Å². The quantitative estimate of drug-likeness (QED) is 0.835. The number of rotatable bonds is 5. The van der Waals surface area contributed by atoms with Gasteiger partial charge in [0.2, 0.25) is 0 Å². The van der Waals surface area contributed by atoms with Crippen LogP contribution >= 0.6 is 0 Å². The number of hydrogen-bond donors (Lipinski definition) is 0. The molecule has 21 heavy (non-hydrogen) atoms. The number of nitrogens with zero attached hydrogens (tertiary/aromatic N) is 2. The maximum Gasteiger partial charge on any atom is 0.191 e. The molecule has 2 heterocycles. The van der Waals surface area contributed by atoms with Crippen LogP contribution in [0.2, 0.25) is 0 Å². The lowest BCUT2D eigenvalue weighted by molar-refractivity contribution is 0.171. The lowest BCUT2D eigenvalue weighted by atomic mass is 9.90. The van der Waals surface area contributed by atoms with Crippen LogP contribution in [0.5, 0.6) is 0 Å². The van der Waals surface area contributed by atoms with Crippen LogP contribution in [0, 0.1) is 12.8 Å². The normalized spacial score (nSPS) is 17.2. The van der Waals surface area contributed by atoms with Gasteiger partial charge in [-0.2, -0.15) is 0 Å². The Bertz CT molecular complexity index is 541. The molecule has 1 aromatic heterocycles. The highest BCUT2D eigenvalue weighted by atomic mass is 16.3. The minimum Gasteiger partial charge on any atom is -0.449 e. The molecule has 0 aliphatic carbocycles. The van der Waals surface area contributed by atoms with Gasteiger partial charge in [-0.1, -0.05) is 30.3 Å². The molecular formula is C18H24N2O. The fourth-order valence-corrected chi connectivity index (χ4v) is 3.16. The summed E-state index contributed by atoms with van der Waals surface area (Å²) in [5.74, 6) is 1.64. The molecule has 0 radical (unpaired) electrons. The van der Waals surface area contributed by atoms with Crippen molar-refractivity contribution in [1.82, 2.24) is 9.88 Å². The summed E-state index contributed by atoms with van der Waals surface area (Å²) < 4.78 is 5.28. The zero-order valence-corrected chi connectivity index (χ0v) is 12.8. The van der Waals surface area contributed by atoms with Crippen LogP contribution in [0.3, 0.4) is 0 Å². The minimum absolute atomic E-state index is 0.766. The van der Waals surface area contributed by atoms with E-state index in [-0.39, 0.29) is 0 Å². The fraction of sp³-hybridized carbons (Fsp3) is 0.500. The zero-order chi connectivity index (χ0) is 14.5. The van der Waals surface area contributed by atoms with Crippen LogP contribution in [-0.2, 0) is 13.0 Å². The van der Waals surface area contributed by atoms with Gasteiger partial charge in [-0.15, -0.1) is 0 Å². The van der Waals surface area contributed by atoms with Crippen molar-refractivity contribution < 1.29 is 4.42 Å². The van der Waals surface area contributed by atoms with Crippen molar-refractivity contribution in [3.8, 4) is 0 Å². The number of likely N-dealkylation sites (tertiary alicyclic amines) is 1. The third kappa shape index (κ3) is 4.18. The second-order valence-electron chi connectivity index (χ2n) is 6.10. The van der Waals surface area contributed by atoms with Crippen molar-refractivity contribution in [3.63, 3.8) is 0 Å². The van der Waals surface area contributed by atoms with E-state index in [9.17, 15) is 0 Å². The molecule has 0 spiro atoms. The molecule has 0 unspecified atom stereocenters. The average Bonchev–Trinajstić information content (AvgIpc) is 2.93. The molecule has 3 heteroatoms. The second-order valence-corrected chi connectivity index (χ2v) is 6.10. The van der Waals surface area contributed by atoms with Crippen molar-refractivity contribution in [3.05, 3.63) is 53.7 Å². The van der Waals surface area contributed by atoms with E-state index in [0.717, 1.165) is 24.0 Å². The van der Waals surface area contributed by atoms with Crippen molar-refractivity contribution >= 4 is 0 Å². The summed E-state index contributed by atoms with van der Waals surface area (Å²) >= 11 is 0. The van der Waals surface area contributed by atoms with E-state index in [0.29, 0.717) is 0 Å². The van der Waals surface area contributed by atoms with E-state index in [1.807, 2.05) is 6.92 Å². The number of aryl methyl sites for hydroxylation is 2. The molecule has 3 rings (SSSR count). The smallest absolute Gasteiger partial charge is 0.191 e. The van der Waals surface area contributed by atoms with E-state index in [1.54, 1.807) is 6.26 Å². The molecule has 1 fully saturated rings. The van der Waals surface area contributed by atoms with Gasteiger partial charge in [-0.05, 0) is 50.3 Å². The minimum atomic E-state index is 0.766. The SMILES string of the molecule is Cc1nc(CN2CCC(CCc3ccccc3)CC2)co1. The van der Waals surface area contributed by atoms with Crippen LogP contribution < -0.4 is 0 Å². The summed E-state index contributed by atoms with van der Waals surface area (Å²) in [7, 11) is 0. The molecule has 1 saturated heterocycles. The van der Waals surface area contributed by atoms with Crippen molar-refractivity contribution in [1.29, 1.82) is 0 Å². The van der Waals surface area contributed by atoms with E-state index in [1.165, 1.54) is 44.3 Å². The van der Waals surface area contributed by atoms with Crippen LogP contribution in [0.25, 0.3) is 0 Å². The summed E-state index contributed by atoms with van der Waals surface area (Å²) in [6, 6.07) is 10.8. The molecule has 0 amide bonds. The first-order valence-electron chi connectivity index (χ1n) is 7.97. The number of benzene rings is 1. The van der Waals surface area contributed by atoms with E-state index in [2.05, 4.69) is 40.2 Å². The Hall–Kier alpha value is -1.61. The van der Waals surface area contributed by atoms with Crippen molar-refractivity contribution in [2.24, 2.45) is 5.92 Å². The lowest BCUT2D eigenvalue weighted by Gasteiger charge is -2.31. The molecule has 0 bridgehead atoms. The summed E-state index contributed by atoms with van der Waals surface area (Å²) in [4.78, 5) is 6.89. The molecule has 0 atom stereocenters. The fourth-order valence-electron chi connectivity index (χ4n) is 3.16. The highest BCUT2D eigenvalue weighted by Gasteiger charge is 2.19. The molecule has 112 valence electrons. The highest BCUT2D eigenvalue weighted by Crippen LogP contribution is 2.23. The van der Waals surface area contributed by atoms with E-state index in [4.69, 9.17) is 4.42 Å². The molecule has 1 aliphatic heterocycles. The average molecular weight is 284 g/mol. The van der Waals surface area contributed by atoms with Gasteiger partial charge in [-0.3, -0.25) is 4.90 Å². The summed E-state index contributed by atoms with van der Waals surface area (Å²) in [5.41, 5.74) is 2.54. The van der Waals surface area contributed by atoms with Crippen LogP contribution in [-0.4, -0.2) is 23.0 Å². The van der Waals surface area contributed by atoms with E-state index < -0.39 is 0 Å². The topological polar surface area (TPSA) is 29.3 Å². The van der Waals surface area contributed by atoms with Gasteiger partial charge in [-0.25, -0.2) is 4.98 Å². The van der Waals surface area contributed by atoms with Gasteiger partial charge in [0.25, 0.3) is 0 Å². The summed E-state index contributed by atoms with van der Waals surface area (Å²) in [5, 5.41) is 0. The molecule has 0 N–H and O–H groups in total. The maximum atomic E-state index is 5.28. The van der Waals surface area contributed by atoms with Gasteiger partial charge < -0.3 is 4.42 Å². The third-order valence-electron chi connectivity index (χ3n) is 4.44. The Morgan fingerprint density at radius 1 is 1.19 bits per heavy atom. The van der Waals surface area contributed by atoms with Gasteiger partial charge >= 0.3 is 0 Å². The predicted octanol–water partition coefficient (Wildman–Crippen LogP) is 3.83. The Morgan fingerprint density at radius 3 is 2.62 bits per heavy atom. The maximum absolute atomic E-state index is 5.28. The predicted molar refractivity (Wildman–Crippen MR) is 84.0 cm³/mol. The second kappa shape index (κ2) is 6.90. The number of hydrogen-bond acceptors (Lipinski definition) is 3. The Labute approximate surface area is 127 Å². The zero-order valence-electron chi connectivity index (χ0n) is 12.8. The Kier molecular flexibility index (Phi) is 4.71. The standard InChI is InChI=1S/C18H24N2O/c1-15-19-18(14-21-15)13-20-11-9-17(10-12-20)8-7-16-5-3-2-4-6-16/h2-6,14,17H,7-13H2,1H3. The highest BCUT2D eigenvalue weighted by molar-refractivity contribution is 5.14. The van der Waals surface area contributed by atoms with E-state index >= 15 is 0 Å². The Balaban J connectivity index is 1.40. The third-order valence-corrected chi connectivity index (χ3v) is 4.44. The molecule has 0 saturated carbocycles. The number of aromatic nitrogens is 1. The first kappa shape index (κ1) is 14.3. The van der Waals surface area contributed by atoms with Gasteiger partial charge in [0.05, 0.1) is 5.69 Å². The number of piperidine rings is 1. The van der Waals surface area contributed by atoms with Crippen LogP contribution in [0.1, 0.15) is 36.4 Å². The first-order chi connectivity index (χ1) is 10.3. The molecular weight excluding hydrogens is 260 g/mol. The summed E-state index contributed by atoms with van der Waals surface area (Å²) in [6.45, 7) is 5.21. The van der Waals surface area contributed by atoms with Crippen LogP contribution in [0.15, 0.2) is 41.0 Å². The largest absolute Gasteiger partial charge is 0.449 e. The Morgan fingerprint density at radius 2 is 1.95 bits per heavy atom. The van der Waals surface area contributed by atoms with Gasteiger partial charge in [0.1, 0.15) is 6.26 Å². The lowest BCUT2D eigenvalue weighted by Crippen LogP contribution is -2.33.